The van der Waals surface area contributed by atoms with E-state index >= 15 is 0 Å². The number of ether oxygens (including phenoxy) is 1. The van der Waals surface area contributed by atoms with Gasteiger partial charge >= 0.3 is 0 Å². The number of nitrogens with zero attached hydrogens (tertiary/aromatic N) is 4. The fraction of sp³-hybridized carbons (Fsp3) is 0.190. The third-order valence-electron chi connectivity index (χ3n) is 4.81. The van der Waals surface area contributed by atoms with Gasteiger partial charge in [0.2, 0.25) is 0 Å². The number of halogens is 1. The molecule has 28 heavy (non-hydrogen) atoms. The Labute approximate surface area is 161 Å². The van der Waals surface area contributed by atoms with Gasteiger partial charge in [-0.1, -0.05) is 12.1 Å². The molecule has 0 radical (unpaired) electrons. The van der Waals surface area contributed by atoms with Crippen LogP contribution in [0.1, 0.15) is 35.5 Å². The largest absolute Gasteiger partial charge is 0.482 e. The lowest BCUT2D eigenvalue weighted by Gasteiger charge is -2.20. The molecule has 0 unspecified atom stereocenters. The number of hydrogen-bond acceptors (Lipinski definition) is 5. The summed E-state index contributed by atoms with van der Waals surface area (Å²) in [5.41, 5.74) is 10.1. The van der Waals surface area contributed by atoms with Gasteiger partial charge < -0.3 is 10.5 Å². The van der Waals surface area contributed by atoms with Crippen molar-refractivity contribution in [3.63, 3.8) is 0 Å². The Balaban J connectivity index is 1.96. The lowest BCUT2D eigenvalue weighted by atomic mass is 9.98. The van der Waals surface area contributed by atoms with Crippen molar-refractivity contribution in [3.8, 4) is 22.9 Å². The molecule has 140 valence electrons. The van der Waals surface area contributed by atoms with Gasteiger partial charge in [-0.15, -0.1) is 0 Å². The zero-order chi connectivity index (χ0) is 19.8. The van der Waals surface area contributed by atoms with Crippen molar-refractivity contribution < 1.29 is 9.13 Å². The molecule has 0 aliphatic carbocycles. The van der Waals surface area contributed by atoms with E-state index in [9.17, 15) is 9.65 Å². The molecule has 0 spiro atoms. The molecule has 1 atom stereocenters. The van der Waals surface area contributed by atoms with E-state index < -0.39 is 6.10 Å². The maximum atomic E-state index is 13.9. The first-order valence-electron chi connectivity index (χ1n) is 8.82. The molecule has 6 nitrogen and oxygen atoms in total. The topological polar surface area (TPSA) is 89.8 Å². The predicted octanol–water partition coefficient (Wildman–Crippen LogP) is 3.78. The number of fused-ring (bicyclic) bond motifs is 5. The molecule has 1 aromatic carbocycles. The van der Waals surface area contributed by atoms with Crippen LogP contribution in [0, 0.1) is 17.1 Å². The molecule has 2 bridgehead atoms. The second-order valence-electron chi connectivity index (χ2n) is 6.66. The number of hydrogen-bond donors (Lipinski definition) is 1. The summed E-state index contributed by atoms with van der Waals surface area (Å²) < 4.78 is 21.4. The first-order chi connectivity index (χ1) is 13.5. The molecule has 1 aliphatic heterocycles. The zero-order valence-electron chi connectivity index (χ0n) is 15.5. The number of nitrogen functional groups attached to an aromatic ring is 1. The number of anilines is 1. The SMILES string of the molecule is C[C@H]1Oc2cc(cnc2N)-c2c(nn(C)c2C#N)/C=C/Cc2ccc(F)cc21. The fourth-order valence-corrected chi connectivity index (χ4v) is 3.44. The third kappa shape index (κ3) is 2.99. The number of aromatic nitrogens is 3. The number of benzene rings is 1. The monoisotopic (exact) mass is 375 g/mol. The highest BCUT2D eigenvalue weighted by Gasteiger charge is 2.21. The van der Waals surface area contributed by atoms with Crippen LogP contribution in [0.4, 0.5) is 10.2 Å². The molecule has 0 saturated carbocycles. The van der Waals surface area contributed by atoms with Gasteiger partial charge in [0.25, 0.3) is 0 Å². The van der Waals surface area contributed by atoms with Crippen molar-refractivity contribution in [1.29, 1.82) is 5.26 Å². The van der Waals surface area contributed by atoms with E-state index in [-0.39, 0.29) is 11.6 Å². The molecule has 0 fully saturated rings. The summed E-state index contributed by atoms with van der Waals surface area (Å²) in [6, 6.07) is 8.60. The number of nitrogens with two attached hydrogens (primary N) is 1. The van der Waals surface area contributed by atoms with Crippen LogP contribution in [0.5, 0.6) is 5.75 Å². The minimum absolute atomic E-state index is 0.227. The van der Waals surface area contributed by atoms with Gasteiger partial charge in [0.1, 0.15) is 23.7 Å². The Bertz CT molecular complexity index is 1140. The summed E-state index contributed by atoms with van der Waals surface area (Å²) in [5.74, 6) is 0.282. The number of aryl methyl sites for hydroxylation is 1. The summed E-state index contributed by atoms with van der Waals surface area (Å²) >= 11 is 0. The average molecular weight is 375 g/mol. The quantitative estimate of drug-likeness (QED) is 0.646. The van der Waals surface area contributed by atoms with E-state index in [4.69, 9.17) is 10.5 Å². The van der Waals surface area contributed by atoms with Crippen LogP contribution in [0.25, 0.3) is 17.2 Å². The summed E-state index contributed by atoms with van der Waals surface area (Å²) in [4.78, 5) is 4.23. The number of allylic oxidation sites excluding steroid dienone is 1. The summed E-state index contributed by atoms with van der Waals surface area (Å²) in [6.07, 6.45) is 5.56. The predicted molar refractivity (Wildman–Crippen MR) is 104 cm³/mol. The van der Waals surface area contributed by atoms with Crippen LogP contribution in [-0.2, 0) is 13.5 Å². The van der Waals surface area contributed by atoms with Crippen molar-refractivity contribution in [3.05, 3.63) is 64.9 Å². The van der Waals surface area contributed by atoms with E-state index in [0.717, 1.165) is 11.1 Å². The van der Waals surface area contributed by atoms with E-state index in [0.29, 0.717) is 34.7 Å². The smallest absolute Gasteiger partial charge is 0.166 e. The summed E-state index contributed by atoms with van der Waals surface area (Å²) in [6.45, 7) is 1.84. The zero-order valence-corrected chi connectivity index (χ0v) is 15.5. The molecule has 0 saturated heterocycles. The Hall–Kier alpha value is -3.66. The molecule has 7 heteroatoms. The Morgan fingerprint density at radius 1 is 1.36 bits per heavy atom. The maximum absolute atomic E-state index is 13.9. The van der Waals surface area contributed by atoms with E-state index in [1.165, 1.54) is 16.8 Å². The van der Waals surface area contributed by atoms with Gasteiger partial charge in [0.05, 0.1) is 5.69 Å². The van der Waals surface area contributed by atoms with Gasteiger partial charge in [-0.2, -0.15) is 10.4 Å². The lowest BCUT2D eigenvalue weighted by molar-refractivity contribution is 0.226. The molecule has 4 rings (SSSR count). The normalized spacial score (nSPS) is 16.6. The number of rotatable bonds is 0. The van der Waals surface area contributed by atoms with E-state index in [2.05, 4.69) is 16.2 Å². The molecular formula is C21H18FN5O. The number of pyridine rings is 1. The summed E-state index contributed by atoms with van der Waals surface area (Å²) in [7, 11) is 1.72. The van der Waals surface area contributed by atoms with E-state index in [1.54, 1.807) is 25.4 Å². The van der Waals surface area contributed by atoms with Gasteiger partial charge in [0, 0.05) is 24.4 Å². The molecule has 0 amide bonds. The highest BCUT2D eigenvalue weighted by atomic mass is 19.1. The lowest BCUT2D eigenvalue weighted by Crippen LogP contribution is -2.09. The fourth-order valence-electron chi connectivity index (χ4n) is 3.44. The second kappa shape index (κ2) is 6.82. The highest BCUT2D eigenvalue weighted by Crippen LogP contribution is 2.35. The Kier molecular flexibility index (Phi) is 4.32. The van der Waals surface area contributed by atoms with Crippen LogP contribution in [0.2, 0.25) is 0 Å². The molecule has 3 aromatic rings. The standard InChI is InChI=1S/C21H18FN5O/c1-12-16-9-15(22)7-6-13(16)4-3-5-17-20(18(10-23)27(2)26-17)14-8-19(28-12)21(24)25-11-14/h3,5-9,11-12H,4H2,1-2H3,(H2,24,25)/b5-3+/t12-/m1/s1. The number of nitriles is 1. The first kappa shape index (κ1) is 17.7. The second-order valence-corrected chi connectivity index (χ2v) is 6.66. The van der Waals surface area contributed by atoms with E-state index in [1.807, 2.05) is 19.1 Å². The van der Waals surface area contributed by atoms with Gasteiger partial charge in [0.15, 0.2) is 11.6 Å². The molecule has 2 aromatic heterocycles. The Morgan fingerprint density at radius 2 is 2.18 bits per heavy atom. The highest BCUT2D eigenvalue weighted by molar-refractivity contribution is 5.79. The van der Waals surface area contributed by atoms with Crippen molar-refractivity contribution in [2.45, 2.75) is 19.4 Å². The van der Waals surface area contributed by atoms with Crippen molar-refractivity contribution in [2.75, 3.05) is 5.73 Å². The molecule has 1 aliphatic rings. The molecule has 2 N–H and O–H groups in total. The van der Waals surface area contributed by atoms with Crippen molar-refractivity contribution in [2.24, 2.45) is 7.05 Å². The van der Waals surface area contributed by atoms with Crippen molar-refractivity contribution in [1.82, 2.24) is 14.8 Å². The van der Waals surface area contributed by atoms with Crippen LogP contribution in [0.15, 0.2) is 36.5 Å². The average Bonchev–Trinajstić information content (AvgIpc) is 2.99. The Morgan fingerprint density at radius 3 is 2.96 bits per heavy atom. The van der Waals surface area contributed by atoms with Gasteiger partial charge in [-0.25, -0.2) is 9.37 Å². The van der Waals surface area contributed by atoms with Crippen LogP contribution >= 0.6 is 0 Å². The van der Waals surface area contributed by atoms with Crippen LogP contribution < -0.4 is 10.5 Å². The van der Waals surface area contributed by atoms with Crippen LogP contribution in [0.3, 0.4) is 0 Å². The molecular weight excluding hydrogens is 357 g/mol. The third-order valence-corrected chi connectivity index (χ3v) is 4.81. The van der Waals surface area contributed by atoms with Crippen LogP contribution in [-0.4, -0.2) is 14.8 Å². The molecule has 3 heterocycles. The first-order valence-corrected chi connectivity index (χ1v) is 8.82. The van der Waals surface area contributed by atoms with Gasteiger partial charge in [-0.05, 0) is 48.7 Å². The maximum Gasteiger partial charge on any atom is 0.166 e. The summed E-state index contributed by atoms with van der Waals surface area (Å²) in [5, 5.41) is 14.0. The minimum Gasteiger partial charge on any atom is -0.482 e. The van der Waals surface area contributed by atoms with Crippen molar-refractivity contribution >= 4 is 11.9 Å². The minimum atomic E-state index is -0.429. The van der Waals surface area contributed by atoms with Gasteiger partial charge in [-0.3, -0.25) is 4.68 Å².